The summed E-state index contributed by atoms with van der Waals surface area (Å²) in [5.41, 5.74) is 1.55. The maximum absolute atomic E-state index is 12.8. The minimum absolute atomic E-state index is 0.0618. The highest BCUT2D eigenvalue weighted by Gasteiger charge is 2.25. The molecule has 0 N–H and O–H groups in total. The molecule has 0 aliphatic carbocycles. The standard InChI is InChI=1S/C18H17N3O4S/c1-25-16-4-2-3-14(11-16)17(22)20-10-9-19-18(20)26-12-13-5-7-15(8-6-13)21(23)24/h2-8,11H,9-10,12H2,1H3. The van der Waals surface area contributed by atoms with E-state index in [2.05, 4.69) is 4.99 Å². The van der Waals surface area contributed by atoms with Crippen molar-refractivity contribution in [2.75, 3.05) is 20.2 Å². The molecule has 0 atom stereocenters. The SMILES string of the molecule is COc1cccc(C(=O)N2CCN=C2SCc2ccc([N+](=O)[O-])cc2)c1. The lowest BCUT2D eigenvalue weighted by atomic mass is 10.2. The van der Waals surface area contributed by atoms with Crippen molar-refractivity contribution in [2.45, 2.75) is 5.75 Å². The quantitative estimate of drug-likeness (QED) is 0.594. The second kappa shape index (κ2) is 8.01. The Morgan fingerprint density at radius 1 is 1.31 bits per heavy atom. The number of benzene rings is 2. The fraction of sp³-hybridized carbons (Fsp3) is 0.222. The summed E-state index contributed by atoms with van der Waals surface area (Å²) in [5.74, 6) is 1.10. The number of carbonyl (C=O) groups is 1. The predicted octanol–water partition coefficient (Wildman–Crippen LogP) is 3.35. The molecule has 0 saturated heterocycles. The highest BCUT2D eigenvalue weighted by molar-refractivity contribution is 8.13. The molecular weight excluding hydrogens is 354 g/mol. The van der Waals surface area contributed by atoms with Crippen molar-refractivity contribution in [3.63, 3.8) is 0 Å². The summed E-state index contributed by atoms with van der Waals surface area (Å²) in [4.78, 5) is 29.1. The maximum atomic E-state index is 12.8. The third-order valence-corrected chi connectivity index (χ3v) is 4.96. The Labute approximate surface area is 154 Å². The van der Waals surface area contributed by atoms with Crippen LogP contribution in [-0.4, -0.2) is 41.1 Å². The van der Waals surface area contributed by atoms with Crippen LogP contribution in [0.15, 0.2) is 53.5 Å². The van der Waals surface area contributed by atoms with Gasteiger partial charge in [-0.15, -0.1) is 0 Å². The van der Waals surface area contributed by atoms with Gasteiger partial charge in [0.2, 0.25) is 0 Å². The zero-order valence-corrected chi connectivity index (χ0v) is 14.9. The van der Waals surface area contributed by atoms with Gasteiger partial charge in [0.15, 0.2) is 5.17 Å². The Bertz CT molecular complexity index is 852. The smallest absolute Gasteiger partial charge is 0.269 e. The first-order chi connectivity index (χ1) is 12.6. The van der Waals surface area contributed by atoms with E-state index in [0.717, 1.165) is 5.56 Å². The van der Waals surface area contributed by atoms with Gasteiger partial charge in [0.05, 0.1) is 18.6 Å². The van der Waals surface area contributed by atoms with Crippen LogP contribution in [-0.2, 0) is 5.75 Å². The largest absolute Gasteiger partial charge is 0.497 e. The lowest BCUT2D eigenvalue weighted by Crippen LogP contribution is -2.32. The van der Waals surface area contributed by atoms with Gasteiger partial charge in [-0.25, -0.2) is 0 Å². The van der Waals surface area contributed by atoms with Gasteiger partial charge < -0.3 is 4.74 Å². The molecule has 26 heavy (non-hydrogen) atoms. The lowest BCUT2D eigenvalue weighted by Gasteiger charge is -2.18. The Kier molecular flexibility index (Phi) is 5.52. The Morgan fingerprint density at radius 2 is 2.08 bits per heavy atom. The van der Waals surface area contributed by atoms with Gasteiger partial charge in [-0.05, 0) is 23.8 Å². The molecule has 3 rings (SSSR count). The average Bonchev–Trinajstić information content (AvgIpc) is 3.14. The van der Waals surface area contributed by atoms with Crippen molar-refractivity contribution in [2.24, 2.45) is 4.99 Å². The van der Waals surface area contributed by atoms with Crippen LogP contribution in [0.3, 0.4) is 0 Å². The molecule has 0 saturated carbocycles. The lowest BCUT2D eigenvalue weighted by molar-refractivity contribution is -0.384. The monoisotopic (exact) mass is 371 g/mol. The number of amidine groups is 1. The molecule has 7 nitrogen and oxygen atoms in total. The fourth-order valence-corrected chi connectivity index (χ4v) is 3.51. The molecule has 0 radical (unpaired) electrons. The van der Waals surface area contributed by atoms with Crippen LogP contribution in [0.1, 0.15) is 15.9 Å². The number of nitrogens with zero attached hydrogens (tertiary/aromatic N) is 3. The van der Waals surface area contributed by atoms with Gasteiger partial charge in [0.25, 0.3) is 11.6 Å². The highest BCUT2D eigenvalue weighted by Crippen LogP contribution is 2.23. The minimum Gasteiger partial charge on any atom is -0.497 e. The summed E-state index contributed by atoms with van der Waals surface area (Å²) >= 11 is 1.45. The van der Waals surface area contributed by atoms with Crippen molar-refractivity contribution >= 4 is 28.5 Å². The van der Waals surface area contributed by atoms with Crippen LogP contribution in [0.5, 0.6) is 5.75 Å². The van der Waals surface area contributed by atoms with E-state index >= 15 is 0 Å². The first kappa shape index (κ1) is 17.9. The number of aliphatic imine (C=N–C) groups is 1. The van der Waals surface area contributed by atoms with E-state index in [-0.39, 0.29) is 11.6 Å². The molecule has 0 spiro atoms. The van der Waals surface area contributed by atoms with Crippen molar-refractivity contribution in [3.8, 4) is 5.75 Å². The molecule has 1 aliphatic heterocycles. The number of carbonyl (C=O) groups excluding carboxylic acids is 1. The predicted molar refractivity (Wildman–Crippen MR) is 101 cm³/mol. The van der Waals surface area contributed by atoms with Gasteiger partial charge in [0.1, 0.15) is 5.75 Å². The summed E-state index contributed by atoms with van der Waals surface area (Å²) in [5, 5.41) is 11.4. The number of thioether (sulfide) groups is 1. The number of amides is 1. The van der Waals surface area contributed by atoms with E-state index in [9.17, 15) is 14.9 Å². The van der Waals surface area contributed by atoms with Crippen molar-refractivity contribution in [1.82, 2.24) is 4.90 Å². The normalized spacial score (nSPS) is 13.4. The van der Waals surface area contributed by atoms with E-state index in [1.807, 2.05) is 0 Å². The molecule has 1 heterocycles. The van der Waals surface area contributed by atoms with Crippen LogP contribution in [0, 0.1) is 10.1 Å². The average molecular weight is 371 g/mol. The molecule has 0 aromatic heterocycles. The molecule has 0 unspecified atom stereocenters. The number of non-ortho nitro benzene ring substituents is 1. The molecule has 1 aliphatic rings. The minimum atomic E-state index is -0.424. The van der Waals surface area contributed by atoms with E-state index in [1.54, 1.807) is 48.4 Å². The maximum Gasteiger partial charge on any atom is 0.269 e. The zero-order valence-electron chi connectivity index (χ0n) is 14.1. The summed E-state index contributed by atoms with van der Waals surface area (Å²) in [6.07, 6.45) is 0. The summed E-state index contributed by atoms with van der Waals surface area (Å²) in [6.45, 7) is 1.11. The molecule has 0 bridgehead atoms. The molecule has 0 fully saturated rings. The second-order valence-electron chi connectivity index (χ2n) is 5.57. The van der Waals surface area contributed by atoms with Crippen molar-refractivity contribution in [3.05, 3.63) is 69.8 Å². The molecular formula is C18H17N3O4S. The third kappa shape index (κ3) is 4.02. The fourth-order valence-electron chi connectivity index (χ4n) is 2.51. The van der Waals surface area contributed by atoms with Crippen LogP contribution < -0.4 is 4.74 Å². The summed E-state index contributed by atoms with van der Waals surface area (Å²) in [7, 11) is 1.56. The van der Waals surface area contributed by atoms with Gasteiger partial charge in [0, 0.05) is 30.0 Å². The first-order valence-electron chi connectivity index (χ1n) is 7.95. The summed E-state index contributed by atoms with van der Waals surface area (Å²) < 4.78 is 5.17. The van der Waals surface area contributed by atoms with Gasteiger partial charge >= 0.3 is 0 Å². The topological polar surface area (TPSA) is 85.0 Å². The highest BCUT2D eigenvalue weighted by atomic mass is 32.2. The van der Waals surface area contributed by atoms with Gasteiger partial charge in [-0.3, -0.25) is 24.8 Å². The van der Waals surface area contributed by atoms with E-state index < -0.39 is 4.92 Å². The number of nitro groups is 1. The van der Waals surface area contributed by atoms with Gasteiger partial charge in [-0.2, -0.15) is 0 Å². The second-order valence-corrected chi connectivity index (χ2v) is 6.51. The first-order valence-corrected chi connectivity index (χ1v) is 8.93. The van der Waals surface area contributed by atoms with E-state index in [0.29, 0.717) is 35.3 Å². The summed E-state index contributed by atoms with van der Waals surface area (Å²) in [6, 6.07) is 13.4. The number of methoxy groups -OCH3 is 1. The third-order valence-electron chi connectivity index (χ3n) is 3.88. The van der Waals surface area contributed by atoms with Crippen LogP contribution in [0.2, 0.25) is 0 Å². The van der Waals surface area contributed by atoms with Crippen molar-refractivity contribution in [1.29, 1.82) is 0 Å². The van der Waals surface area contributed by atoms with E-state index in [4.69, 9.17) is 4.74 Å². The van der Waals surface area contributed by atoms with Crippen LogP contribution in [0.4, 0.5) is 5.69 Å². The molecule has 1 amide bonds. The number of rotatable bonds is 5. The Morgan fingerprint density at radius 3 is 2.77 bits per heavy atom. The van der Waals surface area contributed by atoms with Gasteiger partial charge in [-0.1, -0.05) is 30.0 Å². The van der Waals surface area contributed by atoms with Crippen LogP contribution in [0.25, 0.3) is 0 Å². The molecule has 2 aromatic rings. The molecule has 8 heteroatoms. The molecule has 2 aromatic carbocycles. The zero-order chi connectivity index (χ0) is 18.5. The van der Waals surface area contributed by atoms with Crippen LogP contribution >= 0.6 is 11.8 Å². The molecule has 134 valence electrons. The van der Waals surface area contributed by atoms with Crippen molar-refractivity contribution < 1.29 is 14.5 Å². The number of ether oxygens (including phenoxy) is 1. The number of nitro benzene ring substituents is 1. The Hall–Kier alpha value is -2.87. The Balaban J connectivity index is 1.66. The number of hydrogen-bond donors (Lipinski definition) is 0. The number of hydrogen-bond acceptors (Lipinski definition) is 6. The van der Waals surface area contributed by atoms with E-state index in [1.165, 1.54) is 23.9 Å².